The van der Waals surface area contributed by atoms with Crippen LogP contribution in [-0.4, -0.2) is 25.5 Å². The maximum atomic E-state index is 13.3. The van der Waals surface area contributed by atoms with Crippen LogP contribution in [0.3, 0.4) is 0 Å². The van der Waals surface area contributed by atoms with E-state index >= 15 is 0 Å². The maximum Gasteiger partial charge on any atom is 0.283 e. The van der Waals surface area contributed by atoms with E-state index in [-0.39, 0.29) is 0 Å². The third-order valence-electron chi connectivity index (χ3n) is 4.17. The number of carbonyl (C=O) groups excluding carboxylic acids is 1. The molecule has 0 saturated carbocycles. The summed E-state index contributed by atoms with van der Waals surface area (Å²) in [5, 5.41) is 9.28. The number of benzene rings is 1. The number of alkyl halides is 4. The van der Waals surface area contributed by atoms with Crippen molar-refractivity contribution >= 4 is 23.2 Å². The van der Waals surface area contributed by atoms with Crippen LogP contribution in [0.4, 0.5) is 23.2 Å². The zero-order valence-electron chi connectivity index (χ0n) is 15.1. The van der Waals surface area contributed by atoms with Crippen molar-refractivity contribution in [3.05, 3.63) is 64.7 Å². The molecule has 1 N–H and O–H groups in total. The van der Waals surface area contributed by atoms with Gasteiger partial charge in [0.05, 0.1) is 11.6 Å². The number of anilines is 1. The van der Waals surface area contributed by atoms with Gasteiger partial charge in [0.1, 0.15) is 17.4 Å². The standard InChI is InChI=1S/C18H16ClF4N5O/c1-10(28-15(17(22)23)13(19)14(26-28)16(20)21)18(29)25-12-5-2-4-11(8-12)9-27-7-3-6-24-27/h2-8,10,16-17H,9H2,1H3,(H,25,29). The molecular weight excluding hydrogens is 414 g/mol. The van der Waals surface area contributed by atoms with Crippen LogP contribution in [0.2, 0.25) is 5.02 Å². The molecule has 0 radical (unpaired) electrons. The van der Waals surface area contributed by atoms with Gasteiger partial charge < -0.3 is 5.32 Å². The van der Waals surface area contributed by atoms with Gasteiger partial charge in [-0.1, -0.05) is 23.7 Å². The van der Waals surface area contributed by atoms with E-state index in [1.807, 2.05) is 6.07 Å². The Morgan fingerprint density at radius 2 is 1.97 bits per heavy atom. The summed E-state index contributed by atoms with van der Waals surface area (Å²) in [5.74, 6) is -0.705. The van der Waals surface area contributed by atoms with Gasteiger partial charge >= 0.3 is 0 Å². The van der Waals surface area contributed by atoms with E-state index in [1.165, 1.54) is 6.92 Å². The molecule has 0 spiro atoms. The van der Waals surface area contributed by atoms with Crippen molar-refractivity contribution in [3.63, 3.8) is 0 Å². The van der Waals surface area contributed by atoms with Crippen molar-refractivity contribution in [1.82, 2.24) is 19.6 Å². The summed E-state index contributed by atoms with van der Waals surface area (Å²) in [6.45, 7) is 1.74. The first-order chi connectivity index (χ1) is 13.8. The Balaban J connectivity index is 1.80. The molecule has 3 aromatic rings. The quantitative estimate of drug-likeness (QED) is 0.546. The summed E-state index contributed by atoms with van der Waals surface area (Å²) in [6, 6.07) is 7.34. The van der Waals surface area contributed by atoms with Crippen molar-refractivity contribution in [2.75, 3.05) is 5.32 Å². The summed E-state index contributed by atoms with van der Waals surface area (Å²) in [6.07, 6.45) is -2.90. The van der Waals surface area contributed by atoms with Crippen LogP contribution < -0.4 is 5.32 Å². The van der Waals surface area contributed by atoms with Crippen molar-refractivity contribution in [1.29, 1.82) is 0 Å². The zero-order chi connectivity index (χ0) is 21.1. The number of carbonyl (C=O) groups is 1. The van der Waals surface area contributed by atoms with Gasteiger partial charge in [0.15, 0.2) is 0 Å². The van der Waals surface area contributed by atoms with E-state index in [9.17, 15) is 22.4 Å². The van der Waals surface area contributed by atoms with Gasteiger partial charge in [0, 0.05) is 18.1 Å². The van der Waals surface area contributed by atoms with Crippen molar-refractivity contribution < 1.29 is 22.4 Å². The fraction of sp³-hybridized carbons (Fsp3) is 0.278. The Morgan fingerprint density at radius 3 is 2.59 bits per heavy atom. The normalized spacial score (nSPS) is 12.6. The highest BCUT2D eigenvalue weighted by molar-refractivity contribution is 6.32. The van der Waals surface area contributed by atoms with E-state index in [2.05, 4.69) is 15.5 Å². The molecule has 29 heavy (non-hydrogen) atoms. The first kappa shape index (κ1) is 20.8. The molecule has 3 rings (SSSR count). The molecule has 0 aliphatic heterocycles. The topological polar surface area (TPSA) is 64.7 Å². The van der Waals surface area contributed by atoms with Crippen LogP contribution in [0, 0.1) is 0 Å². The number of rotatable bonds is 7. The second-order valence-corrected chi connectivity index (χ2v) is 6.58. The second-order valence-electron chi connectivity index (χ2n) is 6.20. The Morgan fingerprint density at radius 1 is 1.21 bits per heavy atom. The minimum Gasteiger partial charge on any atom is -0.324 e. The Kier molecular flexibility index (Phi) is 6.21. The number of nitrogens with zero attached hydrogens (tertiary/aromatic N) is 4. The molecule has 1 unspecified atom stereocenters. The minimum absolute atomic E-state index is 0.414. The average molecular weight is 430 g/mol. The smallest absolute Gasteiger partial charge is 0.283 e. The highest BCUT2D eigenvalue weighted by Crippen LogP contribution is 2.36. The summed E-state index contributed by atoms with van der Waals surface area (Å²) in [7, 11) is 0. The number of amides is 1. The van der Waals surface area contributed by atoms with Crippen molar-refractivity contribution in [3.8, 4) is 0 Å². The second kappa shape index (κ2) is 8.64. The molecule has 1 atom stereocenters. The lowest BCUT2D eigenvalue weighted by Crippen LogP contribution is -2.26. The predicted molar refractivity (Wildman–Crippen MR) is 98.3 cm³/mol. The van der Waals surface area contributed by atoms with E-state index in [0.29, 0.717) is 16.9 Å². The van der Waals surface area contributed by atoms with Gasteiger partial charge in [-0.3, -0.25) is 9.48 Å². The number of hydrogen-bond donors (Lipinski definition) is 1. The molecule has 0 aliphatic rings. The Labute approximate surface area is 168 Å². The molecule has 0 aliphatic carbocycles. The largest absolute Gasteiger partial charge is 0.324 e. The molecule has 0 fully saturated rings. The summed E-state index contributed by atoms with van der Waals surface area (Å²) in [5.41, 5.74) is -0.646. The first-order valence-electron chi connectivity index (χ1n) is 8.49. The molecule has 6 nitrogen and oxygen atoms in total. The monoisotopic (exact) mass is 429 g/mol. The van der Waals surface area contributed by atoms with Crippen LogP contribution in [0.5, 0.6) is 0 Å². The van der Waals surface area contributed by atoms with Gasteiger partial charge in [-0.15, -0.1) is 0 Å². The molecule has 1 amide bonds. The van der Waals surface area contributed by atoms with Crippen LogP contribution >= 0.6 is 11.6 Å². The first-order valence-corrected chi connectivity index (χ1v) is 8.87. The Hall–Kier alpha value is -2.88. The van der Waals surface area contributed by atoms with Crippen LogP contribution in [0.15, 0.2) is 42.7 Å². The molecular formula is C18H16ClF4N5O. The van der Waals surface area contributed by atoms with Gasteiger partial charge in [-0.25, -0.2) is 22.2 Å². The highest BCUT2D eigenvalue weighted by atomic mass is 35.5. The summed E-state index contributed by atoms with van der Waals surface area (Å²) >= 11 is 5.63. The average Bonchev–Trinajstić information content (AvgIpc) is 3.28. The summed E-state index contributed by atoms with van der Waals surface area (Å²) in [4.78, 5) is 12.5. The molecule has 0 bridgehead atoms. The molecule has 2 heterocycles. The highest BCUT2D eigenvalue weighted by Gasteiger charge is 2.31. The van der Waals surface area contributed by atoms with E-state index in [0.717, 1.165) is 5.56 Å². The van der Waals surface area contributed by atoms with Crippen molar-refractivity contribution in [2.45, 2.75) is 32.4 Å². The van der Waals surface area contributed by atoms with Crippen LogP contribution in [0.1, 0.15) is 42.8 Å². The molecule has 0 saturated heterocycles. The van der Waals surface area contributed by atoms with Gasteiger partial charge in [0.2, 0.25) is 5.91 Å². The Bertz CT molecular complexity index is 990. The minimum atomic E-state index is -3.17. The molecule has 2 aromatic heterocycles. The van der Waals surface area contributed by atoms with E-state index in [4.69, 9.17) is 11.6 Å². The lowest BCUT2D eigenvalue weighted by atomic mass is 10.2. The lowest BCUT2D eigenvalue weighted by molar-refractivity contribution is -0.119. The lowest BCUT2D eigenvalue weighted by Gasteiger charge is -2.16. The van der Waals surface area contributed by atoms with E-state index in [1.54, 1.807) is 41.3 Å². The number of aromatic nitrogens is 4. The third-order valence-corrected chi connectivity index (χ3v) is 4.56. The zero-order valence-corrected chi connectivity index (χ0v) is 15.8. The number of halogens is 5. The maximum absolute atomic E-state index is 13.3. The third kappa shape index (κ3) is 4.58. The van der Waals surface area contributed by atoms with E-state index < -0.39 is 41.2 Å². The fourth-order valence-corrected chi connectivity index (χ4v) is 3.05. The SMILES string of the molecule is CC(C(=O)Nc1cccc(Cn2cccn2)c1)n1nc(C(F)F)c(Cl)c1C(F)F. The van der Waals surface area contributed by atoms with Gasteiger partial charge in [0.25, 0.3) is 12.9 Å². The fourth-order valence-electron chi connectivity index (χ4n) is 2.76. The summed E-state index contributed by atoms with van der Waals surface area (Å²) < 4.78 is 54.8. The molecule has 1 aromatic carbocycles. The van der Waals surface area contributed by atoms with Crippen LogP contribution in [-0.2, 0) is 11.3 Å². The predicted octanol–water partition coefficient (Wildman–Crippen LogP) is 4.86. The number of nitrogens with one attached hydrogen (secondary N) is 1. The van der Waals surface area contributed by atoms with Crippen LogP contribution in [0.25, 0.3) is 0 Å². The van der Waals surface area contributed by atoms with Gasteiger partial charge in [-0.2, -0.15) is 10.2 Å². The van der Waals surface area contributed by atoms with Crippen molar-refractivity contribution in [2.24, 2.45) is 0 Å². The molecule has 11 heteroatoms. The number of hydrogen-bond acceptors (Lipinski definition) is 3. The van der Waals surface area contributed by atoms with Gasteiger partial charge in [-0.05, 0) is 30.7 Å². The molecule has 154 valence electrons.